The summed E-state index contributed by atoms with van der Waals surface area (Å²) in [7, 11) is 1.81. The fourth-order valence-electron chi connectivity index (χ4n) is 3.67. The second-order valence-corrected chi connectivity index (χ2v) is 7.35. The smallest absolute Gasteiger partial charge is 0.191 e. The number of hydrogen-bond donors (Lipinski definition) is 2. The van der Waals surface area contributed by atoms with Gasteiger partial charge in [-0.2, -0.15) is 0 Å². The molecule has 2 aliphatic rings. The summed E-state index contributed by atoms with van der Waals surface area (Å²) in [5.41, 5.74) is 2.33. The van der Waals surface area contributed by atoms with Crippen LogP contribution in [0, 0.1) is 0 Å². The molecule has 158 valence electrons. The number of rotatable bonds is 9. The van der Waals surface area contributed by atoms with Crippen LogP contribution in [-0.4, -0.2) is 56.3 Å². The molecule has 1 aromatic rings. The van der Waals surface area contributed by atoms with Gasteiger partial charge in [-0.25, -0.2) is 0 Å². The van der Waals surface area contributed by atoms with Crippen molar-refractivity contribution in [3.63, 3.8) is 0 Å². The first-order valence-electron chi connectivity index (χ1n) is 10.3. The Morgan fingerprint density at radius 2 is 2.07 bits per heavy atom. The predicted molar refractivity (Wildman–Crippen MR) is 125 cm³/mol. The molecule has 0 amide bonds. The highest BCUT2D eigenvalue weighted by Gasteiger charge is 2.27. The Hall–Kier alpha value is -1.22. The Bertz CT molecular complexity index is 664. The van der Waals surface area contributed by atoms with Gasteiger partial charge in [0.2, 0.25) is 0 Å². The molecule has 0 bridgehead atoms. The average molecular weight is 502 g/mol. The maximum absolute atomic E-state index is 5.91. The van der Waals surface area contributed by atoms with Crippen molar-refractivity contribution in [2.45, 2.75) is 58.7 Å². The lowest BCUT2D eigenvalue weighted by atomic mass is 10.1. The van der Waals surface area contributed by atoms with E-state index in [1.54, 1.807) is 0 Å². The molecule has 1 atom stereocenters. The van der Waals surface area contributed by atoms with Crippen LogP contribution in [0.1, 0.15) is 44.7 Å². The summed E-state index contributed by atoms with van der Waals surface area (Å²) in [4.78, 5) is 6.88. The first-order chi connectivity index (χ1) is 13.1. The Kier molecular flexibility index (Phi) is 9.14. The Labute approximate surface area is 186 Å². The Balaban J connectivity index is 0.00000280. The van der Waals surface area contributed by atoms with Crippen LogP contribution in [0.25, 0.3) is 0 Å². The molecule has 7 heteroatoms. The summed E-state index contributed by atoms with van der Waals surface area (Å²) >= 11 is 0. The highest BCUT2D eigenvalue weighted by atomic mass is 127. The van der Waals surface area contributed by atoms with E-state index >= 15 is 0 Å². The Morgan fingerprint density at radius 1 is 1.29 bits per heavy atom. The van der Waals surface area contributed by atoms with Gasteiger partial charge in [-0.3, -0.25) is 9.89 Å². The molecule has 0 aromatic heterocycles. The van der Waals surface area contributed by atoms with Crippen molar-refractivity contribution in [2.75, 3.05) is 33.3 Å². The molecule has 6 nitrogen and oxygen atoms in total. The summed E-state index contributed by atoms with van der Waals surface area (Å²) in [6.07, 6.45) is 3.88. The number of nitrogens with zero attached hydrogens (tertiary/aromatic N) is 2. The number of fused-ring (bicyclic) bond motifs is 1. The molecule has 0 saturated heterocycles. The molecule has 28 heavy (non-hydrogen) atoms. The first kappa shape index (κ1) is 23.1. The minimum Gasteiger partial charge on any atom is -0.494 e. The normalized spacial score (nSPS) is 18.3. The fourth-order valence-corrected chi connectivity index (χ4v) is 3.67. The summed E-state index contributed by atoms with van der Waals surface area (Å²) in [5.74, 6) is 2.73. The monoisotopic (exact) mass is 502 g/mol. The standard InChI is InChI=1S/C21H34N4O2.HI/c1-5-25(18-7-8-18)10-9-23-21(22-4)24-14-17-13-20-16(11-15(3)27-20)12-19(17)26-6-2;/h12-13,15,18H,5-11,14H2,1-4H3,(H2,22,23,24);1H. The molecule has 1 saturated carbocycles. The van der Waals surface area contributed by atoms with Crippen molar-refractivity contribution >= 4 is 29.9 Å². The molecule has 3 rings (SSSR count). The lowest BCUT2D eigenvalue weighted by Gasteiger charge is -2.21. The van der Waals surface area contributed by atoms with Crippen LogP contribution in [0.4, 0.5) is 0 Å². The van der Waals surface area contributed by atoms with Gasteiger partial charge in [0.15, 0.2) is 5.96 Å². The molecular formula is C21H35IN4O2. The summed E-state index contributed by atoms with van der Waals surface area (Å²) in [5, 5.41) is 6.83. The number of benzene rings is 1. The fraction of sp³-hybridized carbons (Fsp3) is 0.667. The van der Waals surface area contributed by atoms with E-state index in [0.717, 1.165) is 55.1 Å². The van der Waals surface area contributed by atoms with Crippen LogP contribution in [0.5, 0.6) is 11.5 Å². The molecule has 0 spiro atoms. The third-order valence-corrected chi connectivity index (χ3v) is 5.21. The van der Waals surface area contributed by atoms with Crippen molar-refractivity contribution in [1.82, 2.24) is 15.5 Å². The largest absolute Gasteiger partial charge is 0.494 e. The van der Waals surface area contributed by atoms with Crippen LogP contribution in [0.3, 0.4) is 0 Å². The number of nitrogens with one attached hydrogen (secondary N) is 2. The number of halogens is 1. The van der Waals surface area contributed by atoms with E-state index < -0.39 is 0 Å². The molecule has 1 aliphatic heterocycles. The minimum atomic E-state index is 0. The van der Waals surface area contributed by atoms with Crippen LogP contribution >= 0.6 is 24.0 Å². The molecule has 1 heterocycles. The van der Waals surface area contributed by atoms with E-state index in [9.17, 15) is 0 Å². The van der Waals surface area contributed by atoms with E-state index in [1.165, 1.54) is 18.4 Å². The van der Waals surface area contributed by atoms with E-state index in [2.05, 4.69) is 46.5 Å². The van der Waals surface area contributed by atoms with Gasteiger partial charge >= 0.3 is 0 Å². The van der Waals surface area contributed by atoms with Gasteiger partial charge in [-0.1, -0.05) is 6.92 Å². The molecular weight excluding hydrogens is 467 g/mol. The molecule has 1 fully saturated rings. The zero-order valence-corrected chi connectivity index (χ0v) is 19.9. The molecule has 2 N–H and O–H groups in total. The topological polar surface area (TPSA) is 58.1 Å². The van der Waals surface area contributed by atoms with Crippen molar-refractivity contribution < 1.29 is 9.47 Å². The van der Waals surface area contributed by atoms with Crippen molar-refractivity contribution in [3.05, 3.63) is 23.3 Å². The van der Waals surface area contributed by atoms with Gasteiger partial charge < -0.3 is 20.1 Å². The number of ether oxygens (including phenoxy) is 2. The van der Waals surface area contributed by atoms with E-state index in [-0.39, 0.29) is 30.1 Å². The summed E-state index contributed by atoms with van der Waals surface area (Å²) in [6, 6.07) is 5.04. The average Bonchev–Trinajstić information content (AvgIpc) is 3.43. The van der Waals surface area contributed by atoms with Crippen molar-refractivity contribution in [1.29, 1.82) is 0 Å². The number of aliphatic imine (C=N–C) groups is 1. The van der Waals surface area contributed by atoms with Gasteiger partial charge in [-0.15, -0.1) is 24.0 Å². The van der Waals surface area contributed by atoms with E-state index in [1.807, 2.05) is 14.0 Å². The first-order valence-corrected chi connectivity index (χ1v) is 10.3. The second-order valence-electron chi connectivity index (χ2n) is 7.35. The molecule has 1 aliphatic carbocycles. The van der Waals surface area contributed by atoms with Gasteiger partial charge in [0.05, 0.1) is 6.61 Å². The highest BCUT2D eigenvalue weighted by molar-refractivity contribution is 14.0. The molecule has 1 aromatic carbocycles. The Morgan fingerprint density at radius 3 is 2.71 bits per heavy atom. The maximum Gasteiger partial charge on any atom is 0.191 e. The maximum atomic E-state index is 5.91. The summed E-state index contributed by atoms with van der Waals surface area (Å²) < 4.78 is 11.8. The minimum absolute atomic E-state index is 0. The summed E-state index contributed by atoms with van der Waals surface area (Å²) in [6.45, 7) is 10.7. The number of hydrogen-bond acceptors (Lipinski definition) is 4. The third kappa shape index (κ3) is 6.14. The van der Waals surface area contributed by atoms with Crippen LogP contribution in [0.2, 0.25) is 0 Å². The predicted octanol–water partition coefficient (Wildman–Crippen LogP) is 3.18. The van der Waals surface area contributed by atoms with Gasteiger partial charge in [0.25, 0.3) is 0 Å². The zero-order valence-electron chi connectivity index (χ0n) is 17.6. The van der Waals surface area contributed by atoms with E-state index in [0.29, 0.717) is 13.2 Å². The SMILES string of the molecule is CCOc1cc2c(cc1CNC(=NC)NCCN(CC)C1CC1)OC(C)C2.I. The lowest BCUT2D eigenvalue weighted by Crippen LogP contribution is -2.41. The highest BCUT2D eigenvalue weighted by Crippen LogP contribution is 2.35. The number of guanidine groups is 1. The molecule has 0 radical (unpaired) electrons. The van der Waals surface area contributed by atoms with E-state index in [4.69, 9.17) is 9.47 Å². The van der Waals surface area contributed by atoms with Gasteiger partial charge in [0, 0.05) is 50.3 Å². The van der Waals surface area contributed by atoms with Crippen LogP contribution in [-0.2, 0) is 13.0 Å². The van der Waals surface area contributed by atoms with Gasteiger partial charge in [-0.05, 0) is 45.4 Å². The van der Waals surface area contributed by atoms with Gasteiger partial charge in [0.1, 0.15) is 17.6 Å². The van der Waals surface area contributed by atoms with Crippen molar-refractivity contribution in [2.24, 2.45) is 4.99 Å². The van der Waals surface area contributed by atoms with Crippen LogP contribution < -0.4 is 20.1 Å². The third-order valence-electron chi connectivity index (χ3n) is 5.21. The van der Waals surface area contributed by atoms with Crippen molar-refractivity contribution in [3.8, 4) is 11.5 Å². The molecule has 1 unspecified atom stereocenters. The quantitative estimate of drug-likeness (QED) is 0.309. The second kappa shape index (κ2) is 11.1. The van der Waals surface area contributed by atoms with Crippen LogP contribution in [0.15, 0.2) is 17.1 Å². The lowest BCUT2D eigenvalue weighted by molar-refractivity contribution is 0.254. The number of likely N-dealkylation sites (N-methyl/N-ethyl adjacent to an activating group) is 1. The zero-order chi connectivity index (χ0) is 19.2.